The van der Waals surface area contributed by atoms with Crippen molar-refractivity contribution in [2.24, 2.45) is 5.92 Å². The van der Waals surface area contributed by atoms with Crippen LogP contribution in [0.1, 0.15) is 31.9 Å². The molecule has 7 aromatic rings. The molecule has 4 aromatic carbocycles. The van der Waals surface area contributed by atoms with E-state index in [0.717, 1.165) is 41.0 Å². The third kappa shape index (κ3) is 6.93. The van der Waals surface area contributed by atoms with E-state index < -0.39 is 0 Å². The molecule has 3 aromatic heterocycles. The average molecular weight is 764 g/mol. The molecule has 0 N–H and O–H groups in total. The molecule has 227 valence electrons. The maximum absolute atomic E-state index is 4.65. The number of aryl methyl sites for hydroxylation is 1. The van der Waals surface area contributed by atoms with Gasteiger partial charge in [-0.3, -0.25) is 4.98 Å². The maximum Gasteiger partial charge on any atom is 0.0391 e. The van der Waals surface area contributed by atoms with E-state index in [1.165, 1.54) is 38.5 Å². The Kier molecular flexibility index (Phi) is 10.3. The van der Waals surface area contributed by atoms with Crippen molar-refractivity contribution < 1.29 is 20.1 Å². The van der Waals surface area contributed by atoms with Gasteiger partial charge < -0.3 is 9.55 Å². The molecule has 0 spiro atoms. The van der Waals surface area contributed by atoms with Gasteiger partial charge in [-0.15, -0.1) is 41.5 Å². The summed E-state index contributed by atoms with van der Waals surface area (Å²) in [6.45, 7) is 11.8. The van der Waals surface area contributed by atoms with Gasteiger partial charge >= 0.3 is 0 Å². The zero-order chi connectivity index (χ0) is 30.5. The van der Waals surface area contributed by atoms with Crippen LogP contribution in [-0.4, -0.2) is 14.5 Å². The molecule has 0 aliphatic carbocycles. The van der Waals surface area contributed by atoms with E-state index in [4.69, 9.17) is 0 Å². The van der Waals surface area contributed by atoms with Crippen LogP contribution in [0.2, 0.25) is 0 Å². The fraction of sp³-hybridized carbons (Fsp3) is 0.146. The minimum atomic E-state index is 0. The third-order valence-electron chi connectivity index (χ3n) is 7.94. The van der Waals surface area contributed by atoms with Gasteiger partial charge in [-0.05, 0) is 58.3 Å². The van der Waals surface area contributed by atoms with Crippen molar-refractivity contribution in [3.8, 4) is 33.6 Å². The fourth-order valence-corrected chi connectivity index (χ4v) is 5.81. The second-order valence-corrected chi connectivity index (χ2v) is 11.5. The van der Waals surface area contributed by atoms with Gasteiger partial charge in [0.2, 0.25) is 0 Å². The molecule has 4 heteroatoms. The predicted octanol–water partition coefficient (Wildman–Crippen LogP) is 10.5. The molecule has 3 nitrogen and oxygen atoms in total. The number of hydrogen-bond donors (Lipinski definition) is 0. The Balaban J connectivity index is 0.000000175. The summed E-state index contributed by atoms with van der Waals surface area (Å²) in [6.07, 6.45) is 4.80. The Hall–Kier alpha value is -4.50. The largest absolute Gasteiger partial charge is 0.380 e. The number of rotatable bonds is 6. The van der Waals surface area contributed by atoms with Crippen LogP contribution in [0.3, 0.4) is 0 Å². The average Bonchev–Trinajstić information content (AvgIpc) is 3.38. The molecular formula is C41H37IrN3-2. The van der Waals surface area contributed by atoms with E-state index >= 15 is 0 Å². The van der Waals surface area contributed by atoms with Crippen LogP contribution >= 0.6 is 0 Å². The Labute approximate surface area is 280 Å². The molecule has 3 heterocycles. The smallest absolute Gasteiger partial charge is 0.0391 e. The van der Waals surface area contributed by atoms with Crippen LogP contribution in [0.15, 0.2) is 128 Å². The SMILES string of the molecule is CC(C)Cn1c2c[c-]c(-c3ccccn3)cc2c2ccccc21.[CH2-]c1ccccc1-c1cc(CC)c(-c2ccccc2)cn1.[Ir]. The van der Waals surface area contributed by atoms with E-state index in [0.29, 0.717) is 5.92 Å². The molecule has 0 amide bonds. The quantitative estimate of drug-likeness (QED) is 0.158. The van der Waals surface area contributed by atoms with Crippen molar-refractivity contribution in [2.45, 2.75) is 33.7 Å². The zero-order valence-corrected chi connectivity index (χ0v) is 28.4. The fourth-order valence-electron chi connectivity index (χ4n) is 5.81. The van der Waals surface area contributed by atoms with Gasteiger partial charge in [-0.1, -0.05) is 92.9 Å². The number of benzene rings is 4. The first kappa shape index (κ1) is 31.9. The first-order chi connectivity index (χ1) is 21.5. The molecule has 0 atom stereocenters. The molecule has 0 saturated heterocycles. The molecule has 0 fully saturated rings. The third-order valence-corrected chi connectivity index (χ3v) is 7.94. The molecule has 45 heavy (non-hydrogen) atoms. The van der Waals surface area contributed by atoms with Crippen molar-refractivity contribution in [1.82, 2.24) is 14.5 Å². The maximum atomic E-state index is 4.65. The minimum absolute atomic E-state index is 0. The Bertz CT molecular complexity index is 2010. The summed E-state index contributed by atoms with van der Waals surface area (Å²) in [4.78, 5) is 9.11. The topological polar surface area (TPSA) is 30.7 Å². The second kappa shape index (κ2) is 14.5. The standard InChI is InChI=1S/C21H19N2.C20H18N.Ir/c1-15(2)14-23-20-9-4-3-7-17(20)18-13-16(10-11-21(18)23)19-8-5-6-12-22-19;1-3-16-13-20(18-12-8-7-9-15(18)2)21-14-19(16)17-10-5-4-6-11-17;/h3-9,11-13,15H,14H2,1-2H3;4-14H,2-3H2,1H3;/q2*-1;. The molecule has 0 aliphatic heterocycles. The number of pyridine rings is 2. The summed E-state index contributed by atoms with van der Waals surface area (Å²) in [6, 6.07) is 43.1. The molecule has 0 saturated carbocycles. The molecule has 0 unspecified atom stereocenters. The molecule has 7 rings (SSSR count). The van der Waals surface area contributed by atoms with Crippen molar-refractivity contribution in [1.29, 1.82) is 0 Å². The summed E-state index contributed by atoms with van der Waals surface area (Å²) in [5.74, 6) is 0.601. The summed E-state index contributed by atoms with van der Waals surface area (Å²) in [5, 5.41) is 2.58. The van der Waals surface area contributed by atoms with Crippen molar-refractivity contribution in [3.63, 3.8) is 0 Å². The van der Waals surface area contributed by atoms with Gasteiger partial charge in [0.25, 0.3) is 0 Å². The van der Waals surface area contributed by atoms with Gasteiger partial charge in [0.1, 0.15) is 0 Å². The van der Waals surface area contributed by atoms with Crippen LogP contribution in [0.25, 0.3) is 55.4 Å². The van der Waals surface area contributed by atoms with E-state index in [1.807, 2.05) is 54.9 Å². The van der Waals surface area contributed by atoms with Crippen LogP contribution < -0.4 is 0 Å². The second-order valence-electron chi connectivity index (χ2n) is 11.5. The van der Waals surface area contributed by atoms with Gasteiger partial charge in [-0.2, -0.15) is 18.6 Å². The van der Waals surface area contributed by atoms with E-state index in [1.54, 1.807) is 0 Å². The van der Waals surface area contributed by atoms with Gasteiger partial charge in [0, 0.05) is 55.8 Å². The first-order valence-electron chi connectivity index (χ1n) is 15.3. The summed E-state index contributed by atoms with van der Waals surface area (Å²) in [5.41, 5.74) is 11.4. The number of aromatic nitrogens is 3. The van der Waals surface area contributed by atoms with Crippen LogP contribution in [-0.2, 0) is 33.1 Å². The summed E-state index contributed by atoms with van der Waals surface area (Å²) in [7, 11) is 0. The Morgan fingerprint density at radius 3 is 2.20 bits per heavy atom. The minimum Gasteiger partial charge on any atom is -0.380 e. The molecule has 0 aliphatic rings. The Morgan fingerprint density at radius 1 is 0.733 bits per heavy atom. The van der Waals surface area contributed by atoms with E-state index in [-0.39, 0.29) is 20.1 Å². The molecular weight excluding hydrogens is 727 g/mol. The van der Waals surface area contributed by atoms with E-state index in [9.17, 15) is 0 Å². The molecule has 0 bridgehead atoms. The van der Waals surface area contributed by atoms with Gasteiger partial charge in [0.05, 0.1) is 0 Å². The summed E-state index contributed by atoms with van der Waals surface area (Å²) >= 11 is 0. The van der Waals surface area contributed by atoms with Crippen molar-refractivity contribution in [3.05, 3.63) is 152 Å². The van der Waals surface area contributed by atoms with E-state index in [2.05, 4.69) is 121 Å². The van der Waals surface area contributed by atoms with Crippen LogP contribution in [0.4, 0.5) is 0 Å². The summed E-state index contributed by atoms with van der Waals surface area (Å²) < 4.78 is 2.41. The Morgan fingerprint density at radius 2 is 1.47 bits per heavy atom. The monoisotopic (exact) mass is 764 g/mol. The normalized spacial score (nSPS) is 10.8. The first-order valence-corrected chi connectivity index (χ1v) is 15.3. The van der Waals surface area contributed by atoms with Gasteiger partial charge in [0.15, 0.2) is 0 Å². The van der Waals surface area contributed by atoms with Gasteiger partial charge in [-0.25, -0.2) is 0 Å². The van der Waals surface area contributed by atoms with Crippen molar-refractivity contribution in [2.75, 3.05) is 0 Å². The molecule has 1 radical (unpaired) electrons. The van der Waals surface area contributed by atoms with Crippen molar-refractivity contribution >= 4 is 21.8 Å². The number of fused-ring (bicyclic) bond motifs is 3. The predicted molar refractivity (Wildman–Crippen MR) is 185 cm³/mol. The number of hydrogen-bond acceptors (Lipinski definition) is 2. The number of nitrogens with zero attached hydrogens (tertiary/aromatic N) is 3. The zero-order valence-electron chi connectivity index (χ0n) is 26.0. The number of para-hydroxylation sites is 1. The van der Waals surface area contributed by atoms with Crippen LogP contribution in [0, 0.1) is 18.9 Å². The van der Waals surface area contributed by atoms with Crippen LogP contribution in [0.5, 0.6) is 0 Å².